The predicted molar refractivity (Wildman–Crippen MR) is 72.8 cm³/mol. The van der Waals surface area contributed by atoms with Crippen molar-refractivity contribution >= 4 is 11.6 Å². The van der Waals surface area contributed by atoms with E-state index in [1.54, 1.807) is 6.20 Å². The van der Waals surface area contributed by atoms with Gasteiger partial charge in [-0.3, -0.25) is 0 Å². The highest BCUT2D eigenvalue weighted by atomic mass is 35.5. The summed E-state index contributed by atoms with van der Waals surface area (Å²) in [5.41, 5.74) is 5.86. The quantitative estimate of drug-likeness (QED) is 0.910. The third-order valence-electron chi connectivity index (χ3n) is 2.42. The Morgan fingerprint density at radius 2 is 1.75 bits per heavy atom. The first kappa shape index (κ1) is 16.5. The van der Waals surface area contributed by atoms with Crippen LogP contribution in [0.4, 0.5) is 13.2 Å². The molecule has 110 valence electrons. The van der Waals surface area contributed by atoms with Crippen LogP contribution in [-0.4, -0.2) is 9.78 Å². The summed E-state index contributed by atoms with van der Waals surface area (Å²) in [6, 6.07) is 4.64. The molecule has 0 fully saturated rings. The van der Waals surface area contributed by atoms with Gasteiger partial charge < -0.3 is 5.73 Å². The van der Waals surface area contributed by atoms with Crippen LogP contribution in [0.15, 0.2) is 30.5 Å². The molecule has 2 rings (SSSR count). The van der Waals surface area contributed by atoms with Gasteiger partial charge in [0.25, 0.3) is 0 Å². The second-order valence-corrected chi connectivity index (χ2v) is 4.00. The van der Waals surface area contributed by atoms with Gasteiger partial charge in [-0.1, -0.05) is 25.4 Å². The fourth-order valence-electron chi connectivity index (χ4n) is 1.46. The maximum atomic E-state index is 12.4. The molecule has 1 aromatic heterocycles. The molecule has 2 N–H and O–H groups in total. The van der Waals surface area contributed by atoms with Crippen molar-refractivity contribution in [3.63, 3.8) is 0 Å². The van der Waals surface area contributed by atoms with Crippen LogP contribution in [0.2, 0.25) is 5.15 Å². The summed E-state index contributed by atoms with van der Waals surface area (Å²) >= 11 is 5.81. The molecule has 0 aliphatic rings. The Balaban J connectivity index is 0.000000956. The van der Waals surface area contributed by atoms with Gasteiger partial charge in [0.05, 0.1) is 11.3 Å². The van der Waals surface area contributed by atoms with Crippen molar-refractivity contribution in [3.05, 3.63) is 46.7 Å². The van der Waals surface area contributed by atoms with E-state index in [1.165, 1.54) is 16.8 Å². The fraction of sp³-hybridized carbons (Fsp3) is 0.308. The second-order valence-electron chi connectivity index (χ2n) is 3.64. The molecule has 0 saturated carbocycles. The average molecular weight is 306 g/mol. The van der Waals surface area contributed by atoms with Gasteiger partial charge in [0, 0.05) is 18.3 Å². The number of halogens is 4. The molecule has 0 saturated heterocycles. The number of hydrogen-bond acceptors (Lipinski definition) is 2. The molecular formula is C13H15ClF3N3. The Morgan fingerprint density at radius 1 is 1.20 bits per heavy atom. The Kier molecular flexibility index (Phi) is 5.59. The predicted octanol–water partition coefficient (Wildman–Crippen LogP) is 4.03. The SMILES string of the molecule is CC.NCc1cn(-c2ccc(C(F)(F)F)cc2)nc1Cl. The van der Waals surface area contributed by atoms with E-state index in [-0.39, 0.29) is 11.7 Å². The molecule has 0 bridgehead atoms. The zero-order valence-corrected chi connectivity index (χ0v) is 11.8. The monoisotopic (exact) mass is 305 g/mol. The smallest absolute Gasteiger partial charge is 0.326 e. The molecule has 7 heteroatoms. The number of hydrogen-bond donors (Lipinski definition) is 1. The molecule has 2 aromatic rings. The summed E-state index contributed by atoms with van der Waals surface area (Å²) in [6.07, 6.45) is -2.76. The van der Waals surface area contributed by atoms with Crippen molar-refractivity contribution in [2.75, 3.05) is 0 Å². The summed E-state index contributed by atoms with van der Waals surface area (Å²) in [4.78, 5) is 0. The number of aromatic nitrogens is 2. The Hall–Kier alpha value is -1.53. The summed E-state index contributed by atoms with van der Waals surface area (Å²) in [7, 11) is 0. The van der Waals surface area contributed by atoms with E-state index < -0.39 is 11.7 Å². The Labute approximate surface area is 120 Å². The minimum atomic E-state index is -4.34. The molecule has 0 aliphatic heterocycles. The molecule has 20 heavy (non-hydrogen) atoms. The van der Waals surface area contributed by atoms with E-state index in [1.807, 2.05) is 13.8 Å². The van der Waals surface area contributed by atoms with Crippen LogP contribution in [0, 0.1) is 0 Å². The second kappa shape index (κ2) is 6.76. The lowest BCUT2D eigenvalue weighted by Crippen LogP contribution is -2.05. The molecule has 1 heterocycles. The van der Waals surface area contributed by atoms with E-state index in [2.05, 4.69) is 5.10 Å². The highest BCUT2D eigenvalue weighted by molar-refractivity contribution is 6.30. The maximum absolute atomic E-state index is 12.4. The summed E-state index contributed by atoms with van der Waals surface area (Å²) in [5.74, 6) is 0. The van der Waals surface area contributed by atoms with Crippen LogP contribution in [0.5, 0.6) is 0 Å². The summed E-state index contributed by atoms with van der Waals surface area (Å²) < 4.78 is 38.5. The lowest BCUT2D eigenvalue weighted by molar-refractivity contribution is -0.137. The molecule has 0 atom stereocenters. The minimum absolute atomic E-state index is 0.222. The van der Waals surface area contributed by atoms with Gasteiger partial charge in [0.1, 0.15) is 0 Å². The molecule has 0 spiro atoms. The first-order valence-corrected chi connectivity index (χ1v) is 6.41. The van der Waals surface area contributed by atoms with Crippen LogP contribution in [-0.2, 0) is 12.7 Å². The van der Waals surface area contributed by atoms with Crippen LogP contribution in [0.25, 0.3) is 5.69 Å². The van der Waals surface area contributed by atoms with Gasteiger partial charge in [-0.25, -0.2) is 4.68 Å². The average Bonchev–Trinajstić information content (AvgIpc) is 2.81. The van der Waals surface area contributed by atoms with Gasteiger partial charge >= 0.3 is 6.18 Å². The molecule has 0 unspecified atom stereocenters. The minimum Gasteiger partial charge on any atom is -0.326 e. The fourth-order valence-corrected chi connectivity index (χ4v) is 1.67. The van der Waals surface area contributed by atoms with E-state index in [4.69, 9.17) is 17.3 Å². The first-order valence-electron chi connectivity index (χ1n) is 6.03. The molecule has 0 radical (unpaired) electrons. The van der Waals surface area contributed by atoms with Gasteiger partial charge in [-0.15, -0.1) is 0 Å². The largest absolute Gasteiger partial charge is 0.416 e. The lowest BCUT2D eigenvalue weighted by atomic mass is 10.2. The third-order valence-corrected chi connectivity index (χ3v) is 2.74. The number of benzene rings is 1. The molecule has 1 aromatic carbocycles. The summed E-state index contributed by atoms with van der Waals surface area (Å²) in [6.45, 7) is 4.22. The molecular weight excluding hydrogens is 291 g/mol. The van der Waals surface area contributed by atoms with Crippen LogP contribution in [0.3, 0.4) is 0 Å². The third kappa shape index (κ3) is 3.74. The van der Waals surface area contributed by atoms with Gasteiger partial charge in [-0.05, 0) is 24.3 Å². The highest BCUT2D eigenvalue weighted by Gasteiger charge is 2.30. The van der Waals surface area contributed by atoms with E-state index >= 15 is 0 Å². The van der Waals surface area contributed by atoms with E-state index in [9.17, 15) is 13.2 Å². The van der Waals surface area contributed by atoms with E-state index in [0.29, 0.717) is 11.3 Å². The number of nitrogens with zero attached hydrogens (tertiary/aromatic N) is 2. The van der Waals surface area contributed by atoms with Crippen molar-refractivity contribution in [1.29, 1.82) is 0 Å². The van der Waals surface area contributed by atoms with Crippen molar-refractivity contribution in [2.24, 2.45) is 5.73 Å². The summed E-state index contributed by atoms with van der Waals surface area (Å²) in [5, 5.41) is 4.21. The van der Waals surface area contributed by atoms with E-state index in [0.717, 1.165) is 12.1 Å². The molecule has 0 amide bonds. The number of rotatable bonds is 2. The standard InChI is InChI=1S/C11H9ClF3N3.C2H6/c12-10-7(5-16)6-18(17-10)9-3-1-8(2-4-9)11(13,14)15;1-2/h1-4,6H,5,16H2;1-2H3. The topological polar surface area (TPSA) is 43.8 Å². The van der Waals surface area contributed by atoms with Gasteiger partial charge in [0.2, 0.25) is 0 Å². The van der Waals surface area contributed by atoms with Crippen LogP contribution < -0.4 is 5.73 Å². The van der Waals surface area contributed by atoms with Crippen molar-refractivity contribution < 1.29 is 13.2 Å². The Bertz CT molecular complexity index is 547. The van der Waals surface area contributed by atoms with Crippen LogP contribution in [0.1, 0.15) is 25.0 Å². The lowest BCUT2D eigenvalue weighted by Gasteiger charge is -2.07. The molecule has 0 aliphatic carbocycles. The normalized spacial score (nSPS) is 10.9. The zero-order valence-electron chi connectivity index (χ0n) is 11.1. The van der Waals surface area contributed by atoms with Gasteiger partial charge in [0.15, 0.2) is 5.15 Å². The first-order chi connectivity index (χ1) is 9.41. The van der Waals surface area contributed by atoms with Crippen molar-refractivity contribution in [1.82, 2.24) is 9.78 Å². The van der Waals surface area contributed by atoms with Crippen molar-refractivity contribution in [3.8, 4) is 5.69 Å². The number of nitrogens with two attached hydrogens (primary N) is 1. The maximum Gasteiger partial charge on any atom is 0.416 e. The van der Waals surface area contributed by atoms with Gasteiger partial charge in [-0.2, -0.15) is 18.3 Å². The highest BCUT2D eigenvalue weighted by Crippen LogP contribution is 2.29. The number of alkyl halides is 3. The van der Waals surface area contributed by atoms with Crippen molar-refractivity contribution in [2.45, 2.75) is 26.6 Å². The van der Waals surface area contributed by atoms with Crippen LogP contribution >= 0.6 is 11.6 Å². The Morgan fingerprint density at radius 3 is 2.15 bits per heavy atom. The zero-order chi connectivity index (χ0) is 15.3. The molecule has 3 nitrogen and oxygen atoms in total.